The zero-order chi connectivity index (χ0) is 13.0. The number of halogens is 1. The molecule has 0 radical (unpaired) electrons. The summed E-state index contributed by atoms with van der Waals surface area (Å²) in [5.74, 6) is -0.308. The molecule has 0 aliphatic rings. The van der Waals surface area contributed by atoms with Crippen LogP contribution in [-0.4, -0.2) is 5.11 Å². The minimum Gasteiger partial charge on any atom is -0.372 e. The van der Waals surface area contributed by atoms with Crippen LogP contribution in [0.2, 0.25) is 0 Å². The molecule has 2 aromatic carbocycles. The van der Waals surface area contributed by atoms with Gasteiger partial charge in [-0.3, -0.25) is 5.32 Å². The number of hydrogen-bond acceptors (Lipinski definition) is 2. The molecule has 0 fully saturated rings. The fraction of sp³-hybridized carbons (Fsp3) is 0.200. The van der Waals surface area contributed by atoms with Crippen molar-refractivity contribution in [1.82, 2.24) is 5.32 Å². The largest absolute Gasteiger partial charge is 0.372 e. The fourth-order valence-corrected chi connectivity index (χ4v) is 1.75. The SMILES string of the molecule is CC(O)(NCc1ccccc1)c1ccc(F)cc1. The molecule has 2 N–H and O–H groups in total. The van der Waals surface area contributed by atoms with Gasteiger partial charge < -0.3 is 5.11 Å². The van der Waals surface area contributed by atoms with Crippen LogP contribution in [0.25, 0.3) is 0 Å². The molecule has 2 nitrogen and oxygen atoms in total. The van der Waals surface area contributed by atoms with Crippen molar-refractivity contribution >= 4 is 0 Å². The molecule has 0 amide bonds. The predicted molar refractivity (Wildman–Crippen MR) is 69.3 cm³/mol. The molecular formula is C15H16FNO. The summed E-state index contributed by atoms with van der Waals surface area (Å²) in [4.78, 5) is 0. The van der Waals surface area contributed by atoms with Crippen LogP contribution in [0.5, 0.6) is 0 Å². The van der Waals surface area contributed by atoms with E-state index in [9.17, 15) is 9.50 Å². The third-order valence-corrected chi connectivity index (χ3v) is 2.89. The highest BCUT2D eigenvalue weighted by molar-refractivity contribution is 5.22. The lowest BCUT2D eigenvalue weighted by atomic mass is 10.0. The molecule has 0 aliphatic carbocycles. The molecule has 0 aromatic heterocycles. The molecular weight excluding hydrogens is 229 g/mol. The van der Waals surface area contributed by atoms with Gasteiger partial charge in [-0.05, 0) is 30.2 Å². The summed E-state index contributed by atoms with van der Waals surface area (Å²) in [7, 11) is 0. The standard InChI is InChI=1S/C15H16FNO/c1-15(18,13-7-9-14(16)10-8-13)17-11-12-5-3-2-4-6-12/h2-10,17-18H,11H2,1H3. The van der Waals surface area contributed by atoms with E-state index in [2.05, 4.69) is 5.32 Å². The summed E-state index contributed by atoms with van der Waals surface area (Å²) in [6.07, 6.45) is 0. The van der Waals surface area contributed by atoms with Crippen molar-refractivity contribution in [2.24, 2.45) is 0 Å². The Kier molecular flexibility index (Phi) is 3.75. The molecule has 1 atom stereocenters. The second-order valence-corrected chi connectivity index (χ2v) is 4.42. The monoisotopic (exact) mass is 245 g/mol. The average molecular weight is 245 g/mol. The van der Waals surface area contributed by atoms with Crippen molar-refractivity contribution in [2.45, 2.75) is 19.2 Å². The lowest BCUT2D eigenvalue weighted by Gasteiger charge is -2.25. The molecule has 2 rings (SSSR count). The number of rotatable bonds is 4. The third kappa shape index (κ3) is 3.15. The van der Waals surface area contributed by atoms with Crippen LogP contribution >= 0.6 is 0 Å². The highest BCUT2D eigenvalue weighted by Gasteiger charge is 2.21. The quantitative estimate of drug-likeness (QED) is 0.812. The van der Waals surface area contributed by atoms with Gasteiger partial charge in [0.1, 0.15) is 11.5 Å². The first-order chi connectivity index (χ1) is 8.58. The van der Waals surface area contributed by atoms with Gasteiger partial charge in [0, 0.05) is 6.54 Å². The third-order valence-electron chi connectivity index (χ3n) is 2.89. The van der Waals surface area contributed by atoms with E-state index in [1.54, 1.807) is 19.1 Å². The van der Waals surface area contributed by atoms with Gasteiger partial charge in [-0.2, -0.15) is 0 Å². The number of nitrogens with one attached hydrogen (secondary N) is 1. The maximum absolute atomic E-state index is 12.8. The van der Waals surface area contributed by atoms with E-state index in [4.69, 9.17) is 0 Å². The Bertz CT molecular complexity index is 494. The zero-order valence-electron chi connectivity index (χ0n) is 10.2. The predicted octanol–water partition coefficient (Wildman–Crippen LogP) is 2.78. The van der Waals surface area contributed by atoms with Gasteiger partial charge >= 0.3 is 0 Å². The molecule has 1 unspecified atom stereocenters. The topological polar surface area (TPSA) is 32.3 Å². The molecule has 0 bridgehead atoms. The van der Waals surface area contributed by atoms with Gasteiger partial charge in [-0.1, -0.05) is 42.5 Å². The maximum Gasteiger partial charge on any atom is 0.139 e. The molecule has 0 saturated carbocycles. The molecule has 2 aromatic rings. The highest BCUT2D eigenvalue weighted by atomic mass is 19.1. The van der Waals surface area contributed by atoms with Gasteiger partial charge in [-0.15, -0.1) is 0 Å². The first-order valence-electron chi connectivity index (χ1n) is 5.85. The Morgan fingerprint density at radius 1 is 1.06 bits per heavy atom. The van der Waals surface area contributed by atoms with E-state index in [1.807, 2.05) is 30.3 Å². The van der Waals surface area contributed by atoms with Crippen molar-refractivity contribution < 1.29 is 9.50 Å². The van der Waals surface area contributed by atoms with Crippen LogP contribution in [0.3, 0.4) is 0 Å². The highest BCUT2D eigenvalue weighted by Crippen LogP contribution is 2.18. The molecule has 0 saturated heterocycles. The number of benzene rings is 2. The summed E-state index contributed by atoms with van der Waals surface area (Å²) in [6.45, 7) is 2.20. The number of hydrogen-bond donors (Lipinski definition) is 2. The Balaban J connectivity index is 2.05. The van der Waals surface area contributed by atoms with Crippen molar-refractivity contribution in [3.63, 3.8) is 0 Å². The molecule has 94 valence electrons. The van der Waals surface area contributed by atoms with Gasteiger partial charge in [0.05, 0.1) is 0 Å². The average Bonchev–Trinajstić information content (AvgIpc) is 2.38. The van der Waals surface area contributed by atoms with Gasteiger partial charge in [0.25, 0.3) is 0 Å². The van der Waals surface area contributed by atoms with Crippen molar-refractivity contribution in [3.8, 4) is 0 Å². The summed E-state index contributed by atoms with van der Waals surface area (Å²) >= 11 is 0. The van der Waals surface area contributed by atoms with Crippen LogP contribution in [0.1, 0.15) is 18.1 Å². The van der Waals surface area contributed by atoms with Crippen LogP contribution < -0.4 is 5.32 Å². The van der Waals surface area contributed by atoms with E-state index in [0.29, 0.717) is 12.1 Å². The summed E-state index contributed by atoms with van der Waals surface area (Å²) < 4.78 is 12.8. The molecule has 0 heterocycles. The maximum atomic E-state index is 12.8. The van der Waals surface area contributed by atoms with E-state index in [1.165, 1.54) is 12.1 Å². The minimum atomic E-state index is -1.18. The first kappa shape index (κ1) is 12.7. The molecule has 18 heavy (non-hydrogen) atoms. The van der Waals surface area contributed by atoms with Crippen molar-refractivity contribution in [2.75, 3.05) is 0 Å². The normalized spacial score (nSPS) is 14.2. The smallest absolute Gasteiger partial charge is 0.139 e. The number of aliphatic hydroxyl groups is 1. The Labute approximate surface area is 106 Å². The Morgan fingerprint density at radius 2 is 1.67 bits per heavy atom. The minimum absolute atomic E-state index is 0.308. The van der Waals surface area contributed by atoms with E-state index in [0.717, 1.165) is 5.56 Å². The van der Waals surface area contributed by atoms with E-state index >= 15 is 0 Å². The van der Waals surface area contributed by atoms with E-state index in [-0.39, 0.29) is 5.82 Å². The summed E-state index contributed by atoms with van der Waals surface area (Å²) in [5, 5.41) is 13.3. The fourth-order valence-electron chi connectivity index (χ4n) is 1.75. The lowest BCUT2D eigenvalue weighted by molar-refractivity contribution is 0.0178. The van der Waals surface area contributed by atoms with Crippen LogP contribution in [0, 0.1) is 5.82 Å². The Hall–Kier alpha value is -1.71. The van der Waals surface area contributed by atoms with Crippen LogP contribution in [0.15, 0.2) is 54.6 Å². The van der Waals surface area contributed by atoms with Gasteiger partial charge in [0.2, 0.25) is 0 Å². The molecule has 3 heteroatoms. The second kappa shape index (κ2) is 5.29. The second-order valence-electron chi connectivity index (χ2n) is 4.42. The van der Waals surface area contributed by atoms with Crippen molar-refractivity contribution in [3.05, 3.63) is 71.5 Å². The molecule has 0 aliphatic heterocycles. The van der Waals surface area contributed by atoms with Gasteiger partial charge in [0.15, 0.2) is 0 Å². The first-order valence-corrected chi connectivity index (χ1v) is 5.85. The zero-order valence-corrected chi connectivity index (χ0v) is 10.2. The van der Waals surface area contributed by atoms with E-state index < -0.39 is 5.72 Å². The molecule has 0 spiro atoms. The van der Waals surface area contributed by atoms with Gasteiger partial charge in [-0.25, -0.2) is 4.39 Å². The Morgan fingerprint density at radius 3 is 2.28 bits per heavy atom. The van der Waals surface area contributed by atoms with Crippen LogP contribution in [0.4, 0.5) is 4.39 Å². The van der Waals surface area contributed by atoms with Crippen LogP contribution in [-0.2, 0) is 12.3 Å². The summed E-state index contributed by atoms with van der Waals surface area (Å²) in [6, 6.07) is 15.6. The lowest BCUT2D eigenvalue weighted by Crippen LogP contribution is -2.38. The van der Waals surface area contributed by atoms with Crippen molar-refractivity contribution in [1.29, 1.82) is 0 Å². The summed E-state index contributed by atoms with van der Waals surface area (Å²) in [5.41, 5.74) is 0.545.